The van der Waals surface area contributed by atoms with Gasteiger partial charge in [-0.1, -0.05) is 49.9 Å². The second-order valence-corrected chi connectivity index (χ2v) is 8.24. The second-order valence-electron chi connectivity index (χ2n) is 5.42. The Kier molecular flexibility index (Phi) is 3.17. The van der Waals surface area contributed by atoms with Crippen LogP contribution in [-0.4, -0.2) is 8.80 Å². The van der Waals surface area contributed by atoms with Crippen LogP contribution in [0.1, 0.15) is 40.5 Å². The molecule has 1 heterocycles. The molecule has 1 rings (SSSR count). The van der Waals surface area contributed by atoms with Gasteiger partial charge < -0.3 is 0 Å². The Morgan fingerprint density at radius 2 is 1.92 bits per heavy atom. The summed E-state index contributed by atoms with van der Waals surface area (Å²) < 4.78 is 0. The first-order valence-corrected chi connectivity index (χ1v) is 7.68. The highest BCUT2D eigenvalue weighted by Crippen LogP contribution is 2.28. The molecule has 1 heteroatoms. The lowest BCUT2D eigenvalue weighted by Crippen LogP contribution is -2.06. The lowest BCUT2D eigenvalue weighted by atomic mass is 9.88. The smallest absolute Gasteiger partial charge is 0.0859 e. The lowest BCUT2D eigenvalue weighted by Gasteiger charge is -2.18. The van der Waals surface area contributed by atoms with Gasteiger partial charge in [0.25, 0.3) is 0 Å². The predicted octanol–water partition coefficient (Wildman–Crippen LogP) is 3.63. The highest BCUT2D eigenvalue weighted by molar-refractivity contribution is 6.71. The van der Waals surface area contributed by atoms with E-state index in [1.165, 1.54) is 12.8 Å². The van der Waals surface area contributed by atoms with E-state index >= 15 is 0 Å². The molecule has 0 bridgehead atoms. The van der Waals surface area contributed by atoms with Gasteiger partial charge in [-0.15, -0.1) is 0 Å². The summed E-state index contributed by atoms with van der Waals surface area (Å²) in [6.45, 7) is 11.7. The zero-order valence-electron chi connectivity index (χ0n) is 9.65. The van der Waals surface area contributed by atoms with Gasteiger partial charge in [-0.05, 0) is 25.2 Å². The average molecular weight is 194 g/mol. The van der Waals surface area contributed by atoms with Crippen LogP contribution >= 0.6 is 0 Å². The van der Waals surface area contributed by atoms with Crippen LogP contribution in [0.3, 0.4) is 0 Å². The zero-order valence-corrected chi connectivity index (χ0v) is 10.8. The monoisotopic (exact) mass is 194 g/mol. The molecule has 0 aromatic rings. The maximum atomic E-state index is 2.45. The predicted molar refractivity (Wildman–Crippen MR) is 63.5 cm³/mol. The fourth-order valence-corrected chi connectivity index (χ4v) is 3.25. The zero-order chi connectivity index (χ0) is 10.1. The van der Waals surface area contributed by atoms with E-state index in [0.717, 1.165) is 0 Å². The molecule has 1 aliphatic rings. The highest BCUT2D eigenvalue weighted by Gasteiger charge is 2.16. The molecule has 0 aromatic carbocycles. The first-order valence-electron chi connectivity index (χ1n) is 5.28. The quantitative estimate of drug-likeness (QED) is 0.589. The minimum absolute atomic E-state index is 0.481. The fraction of sp³-hybridized carbons (Fsp3) is 0.667. The van der Waals surface area contributed by atoms with Gasteiger partial charge in [0.1, 0.15) is 0 Å². The van der Waals surface area contributed by atoms with Gasteiger partial charge in [0.05, 0.1) is 8.80 Å². The van der Waals surface area contributed by atoms with E-state index in [1.807, 2.05) is 0 Å². The van der Waals surface area contributed by atoms with Crippen molar-refractivity contribution in [3.05, 3.63) is 22.5 Å². The molecule has 0 saturated carbocycles. The minimum atomic E-state index is -0.588. The molecule has 0 saturated heterocycles. The molecule has 13 heavy (non-hydrogen) atoms. The van der Waals surface area contributed by atoms with Gasteiger partial charge in [0, 0.05) is 0 Å². The summed E-state index contributed by atoms with van der Waals surface area (Å²) in [7, 11) is -0.588. The third-order valence-electron chi connectivity index (χ3n) is 2.92. The summed E-state index contributed by atoms with van der Waals surface area (Å²) in [4.78, 5) is 0. The summed E-state index contributed by atoms with van der Waals surface area (Å²) in [5.74, 6) is 0. The molecule has 0 aromatic heterocycles. The molecule has 0 radical (unpaired) electrons. The van der Waals surface area contributed by atoms with E-state index in [2.05, 4.69) is 46.0 Å². The maximum absolute atomic E-state index is 2.45. The normalized spacial score (nSPS) is 23.0. The number of allylic oxidation sites excluding steroid dienone is 3. The molecule has 1 atom stereocenters. The Bertz CT molecular complexity index is 240. The largest absolute Gasteiger partial charge is 0.0932 e. The summed E-state index contributed by atoms with van der Waals surface area (Å²) in [5.41, 5.74) is 4.57. The lowest BCUT2D eigenvalue weighted by molar-refractivity contribution is 0.379. The van der Waals surface area contributed by atoms with Crippen LogP contribution < -0.4 is 0 Å². The molecular weight excluding hydrogens is 172 g/mol. The van der Waals surface area contributed by atoms with Crippen LogP contribution in [0.15, 0.2) is 22.5 Å². The SMILES string of the molecule is CC1=C(CCC(C)(C)C)C=C[SiH]1C. The topological polar surface area (TPSA) is 0 Å². The number of hydrogen-bond donors (Lipinski definition) is 0. The van der Waals surface area contributed by atoms with Crippen molar-refractivity contribution >= 4 is 8.80 Å². The molecule has 1 unspecified atom stereocenters. The van der Waals surface area contributed by atoms with Crippen molar-refractivity contribution in [1.29, 1.82) is 0 Å². The molecule has 74 valence electrons. The van der Waals surface area contributed by atoms with Crippen LogP contribution in [0.25, 0.3) is 0 Å². The van der Waals surface area contributed by atoms with E-state index in [1.54, 1.807) is 10.8 Å². The molecule has 0 spiro atoms. The van der Waals surface area contributed by atoms with E-state index in [-0.39, 0.29) is 0 Å². The Labute approximate surface area is 84.3 Å². The first kappa shape index (κ1) is 10.8. The molecule has 0 nitrogen and oxygen atoms in total. The van der Waals surface area contributed by atoms with Crippen molar-refractivity contribution in [2.24, 2.45) is 5.41 Å². The van der Waals surface area contributed by atoms with E-state index < -0.39 is 8.80 Å². The molecule has 1 aliphatic heterocycles. The molecular formula is C12H22Si. The van der Waals surface area contributed by atoms with E-state index in [9.17, 15) is 0 Å². The minimum Gasteiger partial charge on any atom is -0.0932 e. The van der Waals surface area contributed by atoms with Crippen molar-refractivity contribution in [1.82, 2.24) is 0 Å². The Morgan fingerprint density at radius 1 is 1.31 bits per heavy atom. The second kappa shape index (κ2) is 3.83. The molecule has 0 aliphatic carbocycles. The average Bonchev–Trinajstić information content (AvgIpc) is 2.29. The standard InChI is InChI=1S/C12H22Si/c1-10-11(7-9-13(10)5)6-8-12(2,3)4/h7,9,13H,6,8H2,1-5H3. The van der Waals surface area contributed by atoms with Crippen molar-refractivity contribution in [2.75, 3.05) is 0 Å². The Hall–Kier alpha value is -0.303. The molecule has 0 amide bonds. The van der Waals surface area contributed by atoms with Gasteiger partial charge in [-0.2, -0.15) is 0 Å². The van der Waals surface area contributed by atoms with Crippen molar-refractivity contribution < 1.29 is 0 Å². The highest BCUT2D eigenvalue weighted by atomic mass is 28.3. The Balaban J connectivity index is 2.52. The van der Waals surface area contributed by atoms with Gasteiger partial charge in [0.15, 0.2) is 0 Å². The molecule has 0 N–H and O–H groups in total. The van der Waals surface area contributed by atoms with Crippen LogP contribution in [0.4, 0.5) is 0 Å². The van der Waals surface area contributed by atoms with Gasteiger partial charge in [-0.25, -0.2) is 0 Å². The maximum Gasteiger partial charge on any atom is 0.0859 e. The fourth-order valence-electron chi connectivity index (χ4n) is 1.62. The summed E-state index contributed by atoms with van der Waals surface area (Å²) in [6, 6.07) is 0. The van der Waals surface area contributed by atoms with Crippen molar-refractivity contribution in [3.63, 3.8) is 0 Å². The van der Waals surface area contributed by atoms with Gasteiger partial charge in [-0.3, -0.25) is 0 Å². The van der Waals surface area contributed by atoms with Crippen molar-refractivity contribution in [3.8, 4) is 0 Å². The van der Waals surface area contributed by atoms with E-state index in [4.69, 9.17) is 0 Å². The van der Waals surface area contributed by atoms with Crippen LogP contribution in [0.5, 0.6) is 0 Å². The van der Waals surface area contributed by atoms with Crippen LogP contribution in [0, 0.1) is 5.41 Å². The Morgan fingerprint density at radius 3 is 2.31 bits per heavy atom. The van der Waals surface area contributed by atoms with Gasteiger partial charge in [0.2, 0.25) is 0 Å². The summed E-state index contributed by atoms with van der Waals surface area (Å²) in [6.07, 6.45) is 4.96. The third kappa shape index (κ3) is 3.15. The summed E-state index contributed by atoms with van der Waals surface area (Å²) in [5, 5.41) is 1.71. The molecule has 0 fully saturated rings. The van der Waals surface area contributed by atoms with Crippen molar-refractivity contribution in [2.45, 2.75) is 47.1 Å². The summed E-state index contributed by atoms with van der Waals surface area (Å²) >= 11 is 0. The van der Waals surface area contributed by atoms with Crippen LogP contribution in [0.2, 0.25) is 6.55 Å². The third-order valence-corrected chi connectivity index (χ3v) is 5.43. The van der Waals surface area contributed by atoms with E-state index in [0.29, 0.717) is 5.41 Å². The van der Waals surface area contributed by atoms with Crippen LogP contribution in [-0.2, 0) is 0 Å². The number of hydrogen-bond acceptors (Lipinski definition) is 0. The number of rotatable bonds is 2. The first-order chi connectivity index (χ1) is 5.90. The van der Waals surface area contributed by atoms with Gasteiger partial charge >= 0.3 is 0 Å².